The van der Waals surface area contributed by atoms with Crippen LogP contribution in [0, 0.1) is 10.5 Å². The van der Waals surface area contributed by atoms with Crippen LogP contribution in [0.1, 0.15) is 22.3 Å². The largest absolute Gasteiger partial charge is 0.390 e. The molecule has 94 valence electrons. The highest BCUT2D eigenvalue weighted by Gasteiger charge is 2.26. The molecule has 0 aliphatic carbocycles. The first-order chi connectivity index (χ1) is 7.81. The molecular weight excluding hydrogens is 346 g/mol. The molecule has 0 spiro atoms. The number of carbonyl (C=O) groups is 1. The van der Waals surface area contributed by atoms with E-state index in [9.17, 15) is 18.0 Å². The Morgan fingerprint density at radius 3 is 2.65 bits per heavy atom. The number of rotatable bonds is 3. The minimum atomic E-state index is -4.24. The Balaban J connectivity index is 2.62. The van der Waals surface area contributed by atoms with Gasteiger partial charge in [0.25, 0.3) is 5.91 Å². The van der Waals surface area contributed by atoms with Crippen molar-refractivity contribution in [3.05, 3.63) is 32.9 Å². The van der Waals surface area contributed by atoms with Crippen molar-refractivity contribution in [3.63, 3.8) is 0 Å². The summed E-state index contributed by atoms with van der Waals surface area (Å²) in [6.07, 6.45) is -5.26. The molecule has 0 atom stereocenters. The molecule has 0 aliphatic rings. The van der Waals surface area contributed by atoms with Gasteiger partial charge in [0.05, 0.1) is 12.0 Å². The fraction of sp³-hybridized carbons (Fsp3) is 0.364. The standard InChI is InChI=1S/C11H11F3INO/c1-7-3-2-4-8(9(7)15)10(17)16-6-5-11(12,13)14/h2-4H,5-6H2,1H3,(H,16,17). The molecular formula is C11H11F3INO. The fourth-order valence-corrected chi connectivity index (χ4v) is 1.84. The van der Waals surface area contributed by atoms with Crippen molar-refractivity contribution in [2.75, 3.05) is 6.54 Å². The van der Waals surface area contributed by atoms with Crippen LogP contribution in [0.15, 0.2) is 18.2 Å². The number of hydrogen-bond acceptors (Lipinski definition) is 1. The number of halogens is 4. The molecule has 0 radical (unpaired) electrons. The summed E-state index contributed by atoms with van der Waals surface area (Å²) in [5.41, 5.74) is 1.34. The van der Waals surface area contributed by atoms with Gasteiger partial charge in [0.2, 0.25) is 0 Å². The Morgan fingerprint density at radius 2 is 2.06 bits per heavy atom. The highest BCUT2D eigenvalue weighted by atomic mass is 127. The molecule has 1 aromatic carbocycles. The second kappa shape index (κ2) is 5.70. The van der Waals surface area contributed by atoms with Gasteiger partial charge >= 0.3 is 6.18 Å². The van der Waals surface area contributed by atoms with Gasteiger partial charge in [-0.2, -0.15) is 13.2 Å². The Morgan fingerprint density at radius 1 is 1.41 bits per heavy atom. The van der Waals surface area contributed by atoms with Crippen molar-refractivity contribution < 1.29 is 18.0 Å². The monoisotopic (exact) mass is 357 g/mol. The maximum atomic E-state index is 11.9. The number of hydrogen-bond donors (Lipinski definition) is 1. The van der Waals surface area contributed by atoms with Crippen molar-refractivity contribution in [1.29, 1.82) is 0 Å². The maximum Gasteiger partial charge on any atom is 0.390 e. The lowest BCUT2D eigenvalue weighted by molar-refractivity contribution is -0.132. The van der Waals surface area contributed by atoms with Gasteiger partial charge in [0, 0.05) is 10.1 Å². The Bertz CT molecular complexity index is 418. The third-order valence-electron chi connectivity index (χ3n) is 2.13. The summed E-state index contributed by atoms with van der Waals surface area (Å²) in [5, 5.41) is 2.26. The van der Waals surface area contributed by atoms with Crippen molar-refractivity contribution in [3.8, 4) is 0 Å². The highest BCUT2D eigenvalue weighted by Crippen LogP contribution is 2.19. The third kappa shape index (κ3) is 4.53. The van der Waals surface area contributed by atoms with Gasteiger partial charge < -0.3 is 5.32 Å². The summed E-state index contributed by atoms with van der Waals surface area (Å²) in [4.78, 5) is 11.6. The van der Waals surface area contributed by atoms with Crippen molar-refractivity contribution >= 4 is 28.5 Å². The van der Waals surface area contributed by atoms with Crippen LogP contribution in [-0.4, -0.2) is 18.6 Å². The molecule has 0 heterocycles. The van der Waals surface area contributed by atoms with Crippen LogP contribution in [-0.2, 0) is 0 Å². The van der Waals surface area contributed by atoms with E-state index in [4.69, 9.17) is 0 Å². The molecule has 0 saturated heterocycles. The third-order valence-corrected chi connectivity index (χ3v) is 3.56. The second-order valence-corrected chi connectivity index (χ2v) is 4.64. The lowest BCUT2D eigenvalue weighted by atomic mass is 10.1. The summed E-state index contributed by atoms with van der Waals surface area (Å²) < 4.78 is 36.5. The van der Waals surface area contributed by atoms with E-state index in [1.165, 1.54) is 0 Å². The van der Waals surface area contributed by atoms with Gasteiger partial charge in [0.15, 0.2) is 0 Å². The summed E-state index contributed by atoms with van der Waals surface area (Å²) in [7, 11) is 0. The van der Waals surface area contributed by atoms with Crippen LogP contribution in [0.4, 0.5) is 13.2 Å². The zero-order chi connectivity index (χ0) is 13.1. The van der Waals surface area contributed by atoms with Crippen molar-refractivity contribution in [2.45, 2.75) is 19.5 Å². The molecule has 1 amide bonds. The average Bonchev–Trinajstić information content (AvgIpc) is 2.20. The molecule has 1 aromatic rings. The summed E-state index contributed by atoms with van der Waals surface area (Å²) >= 11 is 2.00. The lowest BCUT2D eigenvalue weighted by Crippen LogP contribution is -2.28. The minimum Gasteiger partial charge on any atom is -0.352 e. The van der Waals surface area contributed by atoms with Crippen LogP contribution in [0.25, 0.3) is 0 Å². The van der Waals surface area contributed by atoms with E-state index < -0.39 is 25.0 Å². The number of nitrogens with one attached hydrogen (secondary N) is 1. The van der Waals surface area contributed by atoms with Gasteiger partial charge in [-0.05, 0) is 41.1 Å². The second-order valence-electron chi connectivity index (χ2n) is 3.56. The van der Waals surface area contributed by atoms with Crippen molar-refractivity contribution in [1.82, 2.24) is 5.32 Å². The van der Waals surface area contributed by atoms with Crippen LogP contribution in [0.2, 0.25) is 0 Å². The van der Waals surface area contributed by atoms with E-state index in [-0.39, 0.29) is 0 Å². The number of alkyl halides is 3. The molecule has 0 unspecified atom stereocenters. The van der Waals surface area contributed by atoms with Crippen LogP contribution in [0.3, 0.4) is 0 Å². The highest BCUT2D eigenvalue weighted by molar-refractivity contribution is 14.1. The number of carbonyl (C=O) groups excluding carboxylic acids is 1. The topological polar surface area (TPSA) is 29.1 Å². The van der Waals surface area contributed by atoms with Crippen molar-refractivity contribution in [2.24, 2.45) is 0 Å². The number of aryl methyl sites for hydroxylation is 1. The van der Waals surface area contributed by atoms with Gasteiger partial charge in [0.1, 0.15) is 0 Å². The number of amides is 1. The van der Waals surface area contributed by atoms with Gasteiger partial charge in [-0.1, -0.05) is 12.1 Å². The molecule has 0 saturated carbocycles. The first-order valence-corrected chi connectivity index (χ1v) is 5.99. The minimum absolute atomic E-state index is 0.396. The lowest BCUT2D eigenvalue weighted by Gasteiger charge is -2.09. The molecule has 0 fully saturated rings. The zero-order valence-corrected chi connectivity index (χ0v) is 11.2. The Labute approximate surface area is 111 Å². The molecule has 0 bridgehead atoms. The van der Waals surface area contributed by atoms with E-state index in [2.05, 4.69) is 5.32 Å². The van der Waals surface area contributed by atoms with Gasteiger partial charge in [-0.15, -0.1) is 0 Å². The molecule has 0 aromatic heterocycles. The molecule has 0 aliphatic heterocycles. The van der Waals surface area contributed by atoms with Gasteiger partial charge in [-0.3, -0.25) is 4.79 Å². The molecule has 1 N–H and O–H groups in total. The first kappa shape index (κ1) is 14.3. The Hall–Kier alpha value is -0.790. The molecule has 1 rings (SSSR count). The SMILES string of the molecule is Cc1cccc(C(=O)NCCC(F)(F)F)c1I. The maximum absolute atomic E-state index is 11.9. The Kier molecular flexibility index (Phi) is 4.79. The predicted molar refractivity (Wildman–Crippen MR) is 66.9 cm³/mol. The molecule has 2 nitrogen and oxygen atoms in total. The first-order valence-electron chi connectivity index (χ1n) is 4.91. The zero-order valence-electron chi connectivity index (χ0n) is 9.07. The summed E-state index contributed by atoms with van der Waals surface area (Å²) in [5.74, 6) is -0.470. The summed E-state index contributed by atoms with van der Waals surface area (Å²) in [6.45, 7) is 1.45. The van der Waals surface area contributed by atoms with Crippen LogP contribution >= 0.6 is 22.6 Å². The fourth-order valence-electron chi connectivity index (χ4n) is 1.24. The normalized spacial score (nSPS) is 11.4. The number of benzene rings is 1. The van der Waals surface area contributed by atoms with E-state index in [1.807, 2.05) is 35.6 Å². The van der Waals surface area contributed by atoms with Crippen LogP contribution in [0.5, 0.6) is 0 Å². The van der Waals surface area contributed by atoms with E-state index in [0.717, 1.165) is 9.13 Å². The smallest absolute Gasteiger partial charge is 0.352 e. The average molecular weight is 357 g/mol. The van der Waals surface area contributed by atoms with E-state index in [0.29, 0.717) is 5.56 Å². The molecule has 6 heteroatoms. The van der Waals surface area contributed by atoms with Gasteiger partial charge in [-0.25, -0.2) is 0 Å². The van der Waals surface area contributed by atoms with E-state index >= 15 is 0 Å². The quantitative estimate of drug-likeness (QED) is 0.827. The molecule has 17 heavy (non-hydrogen) atoms. The van der Waals surface area contributed by atoms with E-state index in [1.54, 1.807) is 12.1 Å². The summed E-state index contributed by atoms with van der Waals surface area (Å²) in [6, 6.07) is 5.14. The predicted octanol–water partition coefficient (Wildman–Crippen LogP) is 3.28. The van der Waals surface area contributed by atoms with Crippen LogP contribution < -0.4 is 5.32 Å².